The summed E-state index contributed by atoms with van der Waals surface area (Å²) >= 11 is 0. The van der Waals surface area contributed by atoms with Crippen molar-refractivity contribution in [2.45, 2.75) is 116 Å². The Labute approximate surface area is 188 Å². The van der Waals surface area contributed by atoms with Crippen molar-refractivity contribution < 1.29 is 9.47 Å². The fourth-order valence-corrected chi connectivity index (χ4v) is 11.0. The largest absolute Gasteiger partial charge is 0.379 e. The van der Waals surface area contributed by atoms with Crippen molar-refractivity contribution in [3.63, 3.8) is 0 Å². The van der Waals surface area contributed by atoms with Crippen LogP contribution in [0.25, 0.3) is 0 Å². The summed E-state index contributed by atoms with van der Waals surface area (Å²) in [4.78, 5) is 0. The molecule has 0 aromatic carbocycles. The lowest BCUT2D eigenvalue weighted by atomic mass is 10.1. The molecule has 0 saturated carbocycles. The van der Waals surface area contributed by atoms with Gasteiger partial charge in [0.25, 0.3) is 0 Å². The molecule has 0 N–H and O–H groups in total. The Morgan fingerprint density at radius 1 is 0.607 bits per heavy atom. The van der Waals surface area contributed by atoms with Gasteiger partial charge in [0, 0.05) is 42.3 Å². The van der Waals surface area contributed by atoms with Crippen LogP contribution in [-0.2, 0) is 9.47 Å². The Balaban J connectivity index is 4.35. The lowest BCUT2D eigenvalue weighted by molar-refractivity contribution is 0.0492. The zero-order valence-electron chi connectivity index (χ0n) is 20.2. The van der Waals surface area contributed by atoms with Crippen LogP contribution in [0.1, 0.15) is 66.2 Å². The first kappa shape index (κ1) is 29.1. The zero-order chi connectivity index (χ0) is 21.4. The Bertz CT molecular complexity index is 302. The fourth-order valence-electron chi connectivity index (χ4n) is 4.22. The molecule has 0 aromatic rings. The second-order valence-corrected chi connectivity index (χ2v) is 18.0. The summed E-state index contributed by atoms with van der Waals surface area (Å²) in [5.74, 6) is 2.56. The maximum Gasteiger partial charge on any atom is 0.0577 e. The molecule has 0 spiro atoms. The van der Waals surface area contributed by atoms with Gasteiger partial charge in [-0.05, 0) is 50.6 Å². The Hall–Kier alpha value is 1.05. The van der Waals surface area contributed by atoms with Crippen LogP contribution < -0.4 is 0 Å². The molecule has 4 atom stereocenters. The maximum absolute atomic E-state index is 6.12. The van der Waals surface area contributed by atoms with E-state index in [1.807, 2.05) is 0 Å². The quantitative estimate of drug-likeness (QED) is 0.113. The van der Waals surface area contributed by atoms with Crippen molar-refractivity contribution in [1.82, 2.24) is 0 Å². The van der Waals surface area contributed by atoms with Crippen LogP contribution in [0.15, 0.2) is 0 Å². The summed E-state index contributed by atoms with van der Waals surface area (Å²) in [5, 5.41) is 0. The highest BCUT2D eigenvalue weighted by Crippen LogP contribution is 2.34. The average Bonchev–Trinajstić information content (AvgIpc) is 2.63. The van der Waals surface area contributed by atoms with Gasteiger partial charge in [-0.3, -0.25) is 0 Å². The van der Waals surface area contributed by atoms with E-state index in [-0.39, 0.29) is 0 Å². The average molecular weight is 467 g/mol. The minimum atomic E-state index is -0.683. The first-order valence-electron chi connectivity index (χ1n) is 11.9. The van der Waals surface area contributed by atoms with E-state index in [2.05, 4.69) is 75.5 Å². The van der Waals surface area contributed by atoms with Gasteiger partial charge in [0.1, 0.15) is 0 Å². The monoisotopic (exact) mass is 466 g/mol. The molecule has 0 aromatic heterocycles. The molecule has 0 saturated heterocycles. The van der Waals surface area contributed by atoms with Crippen molar-refractivity contribution in [3.8, 4) is 0 Å². The van der Waals surface area contributed by atoms with Crippen LogP contribution in [0.4, 0.5) is 0 Å². The number of ether oxygens (including phenoxy) is 2. The third-order valence-corrected chi connectivity index (χ3v) is 13.1. The fraction of sp³-hybridized carbons (Fsp3) is 1.00. The highest BCUT2D eigenvalue weighted by Gasteiger charge is 2.26. The van der Waals surface area contributed by atoms with Crippen molar-refractivity contribution in [1.29, 1.82) is 0 Å². The van der Waals surface area contributed by atoms with Gasteiger partial charge in [-0.1, -0.05) is 74.5 Å². The predicted molar refractivity (Wildman–Crippen MR) is 140 cm³/mol. The van der Waals surface area contributed by atoms with E-state index in [1.54, 1.807) is 0 Å². The second-order valence-electron chi connectivity index (χ2n) is 8.60. The molecule has 2 nitrogen and oxygen atoms in total. The summed E-state index contributed by atoms with van der Waals surface area (Å²) in [6.45, 7) is 20.6. The predicted octanol–water partition coefficient (Wildman–Crippen LogP) is 7.27. The van der Waals surface area contributed by atoms with Gasteiger partial charge in [-0.25, -0.2) is 0 Å². The molecular weight excluding hydrogens is 417 g/mol. The van der Waals surface area contributed by atoms with Crippen molar-refractivity contribution in [3.05, 3.63) is 0 Å². The zero-order valence-corrected chi connectivity index (χ0v) is 24.1. The molecule has 28 heavy (non-hydrogen) atoms. The van der Waals surface area contributed by atoms with Crippen LogP contribution in [0.2, 0.25) is 37.3 Å². The van der Waals surface area contributed by atoms with Crippen molar-refractivity contribution >= 4 is 39.2 Å². The topological polar surface area (TPSA) is 18.5 Å². The molecule has 0 heterocycles. The first-order valence-corrected chi connectivity index (χ1v) is 20.3. The minimum Gasteiger partial charge on any atom is -0.379 e. The van der Waals surface area contributed by atoms with Crippen LogP contribution >= 0.6 is 21.6 Å². The van der Waals surface area contributed by atoms with Gasteiger partial charge >= 0.3 is 0 Å². The Morgan fingerprint density at radius 2 is 0.964 bits per heavy atom. The van der Waals surface area contributed by atoms with E-state index in [4.69, 9.17) is 9.47 Å². The highest BCUT2D eigenvalue weighted by atomic mass is 33.1. The van der Waals surface area contributed by atoms with Gasteiger partial charge in [0.15, 0.2) is 0 Å². The summed E-state index contributed by atoms with van der Waals surface area (Å²) in [6.07, 6.45) is 8.64. The van der Waals surface area contributed by atoms with E-state index >= 15 is 0 Å². The van der Waals surface area contributed by atoms with Crippen LogP contribution in [0.3, 0.4) is 0 Å². The minimum absolute atomic E-state index is 0.504. The lowest BCUT2D eigenvalue weighted by Crippen LogP contribution is -2.29. The number of hydrogen-bond acceptors (Lipinski definition) is 4. The SMILES string of the molecule is CCCC(OCC)C(CCSSCCC(C(CCC)OCC)[SiH](C)C)[SiH](C)C. The van der Waals surface area contributed by atoms with Crippen molar-refractivity contribution in [2.24, 2.45) is 0 Å². The van der Waals surface area contributed by atoms with E-state index in [1.165, 1.54) is 50.0 Å². The molecule has 6 heteroatoms. The van der Waals surface area contributed by atoms with E-state index in [0.29, 0.717) is 12.2 Å². The summed E-state index contributed by atoms with van der Waals surface area (Å²) in [6, 6.07) is 0. The smallest absolute Gasteiger partial charge is 0.0577 e. The molecule has 0 fully saturated rings. The third-order valence-electron chi connectivity index (χ3n) is 5.73. The maximum atomic E-state index is 6.12. The molecule has 0 radical (unpaired) electrons. The van der Waals surface area contributed by atoms with Gasteiger partial charge in [-0.15, -0.1) is 0 Å². The Morgan fingerprint density at radius 3 is 1.21 bits per heavy atom. The van der Waals surface area contributed by atoms with Crippen molar-refractivity contribution in [2.75, 3.05) is 24.7 Å². The second kappa shape index (κ2) is 18.8. The summed E-state index contributed by atoms with van der Waals surface area (Å²) < 4.78 is 12.2. The molecular formula is C22H50O2S2Si2. The van der Waals surface area contributed by atoms with Gasteiger partial charge in [-0.2, -0.15) is 0 Å². The van der Waals surface area contributed by atoms with Gasteiger partial charge < -0.3 is 9.47 Å². The highest BCUT2D eigenvalue weighted by molar-refractivity contribution is 8.76. The molecule has 0 rings (SSSR count). The summed E-state index contributed by atoms with van der Waals surface area (Å²) in [5.41, 5.74) is 1.66. The first-order chi connectivity index (χ1) is 13.4. The molecule has 0 amide bonds. The van der Waals surface area contributed by atoms with Crippen LogP contribution in [-0.4, -0.2) is 54.5 Å². The van der Waals surface area contributed by atoms with Gasteiger partial charge in [0.2, 0.25) is 0 Å². The van der Waals surface area contributed by atoms with Gasteiger partial charge in [0.05, 0.1) is 12.2 Å². The van der Waals surface area contributed by atoms with E-state index in [9.17, 15) is 0 Å². The third kappa shape index (κ3) is 12.7. The number of rotatable bonds is 19. The number of hydrogen-bond donors (Lipinski definition) is 0. The molecule has 0 aliphatic rings. The van der Waals surface area contributed by atoms with E-state index in [0.717, 1.165) is 24.3 Å². The standard InChI is InChI=1S/C22H50O2S2Si2/c1-9-13-19(23-11-3)21(27(5)6)15-17-25-26-18-16-22(28(7)8)20(14-10-2)24-12-4/h19-22,27-28H,9-18H2,1-8H3. The molecule has 0 aliphatic carbocycles. The molecule has 4 unspecified atom stereocenters. The van der Waals surface area contributed by atoms with Crippen LogP contribution in [0.5, 0.6) is 0 Å². The summed E-state index contributed by atoms with van der Waals surface area (Å²) in [7, 11) is 2.84. The van der Waals surface area contributed by atoms with Crippen LogP contribution in [0, 0.1) is 0 Å². The molecule has 170 valence electrons. The lowest BCUT2D eigenvalue weighted by Gasteiger charge is -2.30. The Kier molecular flexibility index (Phi) is 19.5. The normalized spacial score (nSPS) is 16.5. The molecule has 0 aliphatic heterocycles. The van der Waals surface area contributed by atoms with E-state index < -0.39 is 17.6 Å². The molecule has 0 bridgehead atoms.